The number of nitriles is 1. The first-order chi connectivity index (χ1) is 16.6. The topological polar surface area (TPSA) is 95.9 Å². The average Bonchev–Trinajstić information content (AvgIpc) is 3.59. The number of pyridine rings is 1. The molecule has 1 amide bonds. The van der Waals surface area contributed by atoms with Gasteiger partial charge in [0.15, 0.2) is 0 Å². The largest absolute Gasteiger partial charge is 0.411 e. The van der Waals surface area contributed by atoms with E-state index >= 15 is 0 Å². The maximum absolute atomic E-state index is 12.9. The van der Waals surface area contributed by atoms with E-state index in [1.165, 1.54) is 11.8 Å². The van der Waals surface area contributed by atoms with Gasteiger partial charge in [0, 0.05) is 12.4 Å². The lowest BCUT2D eigenvalue weighted by Gasteiger charge is -2.38. The zero-order valence-corrected chi connectivity index (χ0v) is 20.4. The molecule has 0 spiro atoms. The van der Waals surface area contributed by atoms with Gasteiger partial charge in [0.25, 0.3) is 5.22 Å². The number of rotatable bonds is 6. The number of aromatic nitrogens is 3. The minimum Gasteiger partial charge on any atom is -0.411 e. The van der Waals surface area contributed by atoms with Gasteiger partial charge in [-0.3, -0.25) is 4.79 Å². The van der Waals surface area contributed by atoms with E-state index < -0.39 is 5.54 Å². The Bertz CT molecular complexity index is 1350. The van der Waals surface area contributed by atoms with Crippen molar-refractivity contribution in [3.63, 3.8) is 0 Å². The lowest BCUT2D eigenvalue weighted by Crippen LogP contribution is -2.50. The van der Waals surface area contributed by atoms with Gasteiger partial charge in [-0.1, -0.05) is 55.3 Å². The van der Waals surface area contributed by atoms with E-state index in [-0.39, 0.29) is 11.7 Å². The van der Waals surface area contributed by atoms with Crippen LogP contribution in [0.1, 0.15) is 32.1 Å². The molecule has 1 saturated carbocycles. The zero-order chi connectivity index (χ0) is 23.5. The first kappa shape index (κ1) is 22.6. The summed E-state index contributed by atoms with van der Waals surface area (Å²) < 4.78 is 5.96. The highest BCUT2D eigenvalue weighted by Crippen LogP contribution is 2.35. The van der Waals surface area contributed by atoms with Crippen LogP contribution in [0.5, 0.6) is 0 Å². The molecule has 3 aromatic heterocycles. The molecule has 0 bridgehead atoms. The van der Waals surface area contributed by atoms with Crippen LogP contribution in [0, 0.1) is 11.3 Å². The number of thioether (sulfide) groups is 1. The van der Waals surface area contributed by atoms with Crippen LogP contribution in [-0.4, -0.2) is 44.3 Å². The Hall–Kier alpha value is -3.22. The summed E-state index contributed by atoms with van der Waals surface area (Å²) in [6.07, 6.45) is 4.51. The second kappa shape index (κ2) is 9.57. The van der Waals surface area contributed by atoms with Gasteiger partial charge in [0.05, 0.1) is 33.5 Å². The van der Waals surface area contributed by atoms with Crippen LogP contribution >= 0.6 is 23.1 Å². The van der Waals surface area contributed by atoms with Crippen LogP contribution in [0.15, 0.2) is 57.5 Å². The summed E-state index contributed by atoms with van der Waals surface area (Å²) in [6, 6.07) is 16.2. The van der Waals surface area contributed by atoms with Crippen molar-refractivity contribution in [1.29, 1.82) is 5.26 Å². The normalized spacial score (nSPS) is 15.2. The smallest absolute Gasteiger partial charge is 0.277 e. The molecule has 0 aliphatic heterocycles. The highest BCUT2D eigenvalue weighted by Gasteiger charge is 2.38. The van der Waals surface area contributed by atoms with E-state index in [0.29, 0.717) is 11.1 Å². The molecule has 3 heterocycles. The number of thiophene rings is 1. The SMILES string of the molecule is CN(C(=O)CSc1nnc(-c2cc(-c3cccs3)nc3ccccc23)o1)C1(C#N)CCCCC1. The lowest BCUT2D eigenvalue weighted by molar-refractivity contribution is -0.131. The number of amides is 1. The van der Waals surface area contributed by atoms with E-state index in [4.69, 9.17) is 9.40 Å². The van der Waals surface area contributed by atoms with E-state index in [9.17, 15) is 10.1 Å². The van der Waals surface area contributed by atoms with Crippen molar-refractivity contribution in [3.05, 3.63) is 47.8 Å². The molecule has 9 heteroatoms. The monoisotopic (exact) mass is 489 g/mol. The fraction of sp³-hybridized carbons (Fsp3) is 0.320. The summed E-state index contributed by atoms with van der Waals surface area (Å²) in [5, 5.41) is 21.5. The third-order valence-corrected chi connectivity index (χ3v) is 8.05. The van der Waals surface area contributed by atoms with Gasteiger partial charge in [-0.05, 0) is 36.4 Å². The Labute approximate surface area is 205 Å². The lowest BCUT2D eigenvalue weighted by atomic mass is 9.81. The maximum Gasteiger partial charge on any atom is 0.277 e. The number of fused-ring (bicyclic) bond motifs is 1. The van der Waals surface area contributed by atoms with Crippen molar-refractivity contribution in [3.8, 4) is 28.1 Å². The van der Waals surface area contributed by atoms with Gasteiger partial charge in [-0.2, -0.15) is 5.26 Å². The van der Waals surface area contributed by atoms with Gasteiger partial charge in [0.1, 0.15) is 5.54 Å². The molecule has 1 aliphatic carbocycles. The second-order valence-corrected chi connectivity index (χ2v) is 10.2. The van der Waals surface area contributed by atoms with Gasteiger partial charge in [-0.25, -0.2) is 4.98 Å². The Kier molecular flexibility index (Phi) is 6.35. The molecule has 7 nitrogen and oxygen atoms in total. The molecule has 34 heavy (non-hydrogen) atoms. The fourth-order valence-corrected chi connectivity index (χ4v) is 5.76. The minimum absolute atomic E-state index is 0.109. The summed E-state index contributed by atoms with van der Waals surface area (Å²) in [5.41, 5.74) is 1.80. The predicted octanol–water partition coefficient (Wildman–Crippen LogP) is 5.79. The summed E-state index contributed by atoms with van der Waals surface area (Å²) in [6.45, 7) is 0. The average molecular weight is 490 g/mol. The fourth-order valence-electron chi connectivity index (χ4n) is 4.40. The Morgan fingerprint density at radius 1 is 1.21 bits per heavy atom. The number of hydrogen-bond acceptors (Lipinski definition) is 8. The minimum atomic E-state index is -0.704. The summed E-state index contributed by atoms with van der Waals surface area (Å²) in [7, 11) is 1.73. The van der Waals surface area contributed by atoms with E-state index in [1.807, 2.05) is 47.8 Å². The summed E-state index contributed by atoms with van der Waals surface area (Å²) in [4.78, 5) is 20.3. The standard InChI is InChI=1S/C25H23N5O2S2/c1-30(25(16-26)11-5-2-6-12-25)22(31)15-34-24-29-28-23(32-24)18-14-20(21-10-7-13-33-21)27-19-9-4-3-8-17(18)19/h3-4,7-10,13-14H,2,5-6,11-12,15H2,1H3. The number of benzene rings is 1. The highest BCUT2D eigenvalue weighted by atomic mass is 32.2. The van der Waals surface area contributed by atoms with Crippen LogP contribution in [0.25, 0.3) is 32.9 Å². The van der Waals surface area contributed by atoms with Crippen molar-refractivity contribution in [2.75, 3.05) is 12.8 Å². The first-order valence-corrected chi connectivity index (χ1v) is 13.0. The molecule has 1 aliphatic rings. The van der Waals surface area contributed by atoms with Gasteiger partial charge >= 0.3 is 0 Å². The van der Waals surface area contributed by atoms with Crippen molar-refractivity contribution in [2.45, 2.75) is 42.9 Å². The molecule has 1 fully saturated rings. The van der Waals surface area contributed by atoms with Crippen LogP contribution in [-0.2, 0) is 4.79 Å². The summed E-state index contributed by atoms with van der Waals surface area (Å²) in [5.74, 6) is 0.419. The van der Waals surface area contributed by atoms with E-state index in [0.717, 1.165) is 59.1 Å². The molecular weight excluding hydrogens is 466 g/mol. The van der Waals surface area contributed by atoms with Crippen molar-refractivity contribution in [2.24, 2.45) is 0 Å². The predicted molar refractivity (Wildman–Crippen MR) is 133 cm³/mol. The number of para-hydroxylation sites is 1. The molecule has 1 aromatic carbocycles. The van der Waals surface area contributed by atoms with Crippen LogP contribution in [0.3, 0.4) is 0 Å². The zero-order valence-electron chi connectivity index (χ0n) is 18.7. The Morgan fingerprint density at radius 2 is 2.03 bits per heavy atom. The number of carbonyl (C=O) groups is 1. The van der Waals surface area contributed by atoms with Gasteiger partial charge in [0.2, 0.25) is 11.8 Å². The van der Waals surface area contributed by atoms with Gasteiger partial charge in [-0.15, -0.1) is 21.5 Å². The number of nitrogens with zero attached hydrogens (tertiary/aromatic N) is 5. The third-order valence-electron chi connectivity index (χ3n) is 6.35. The quantitative estimate of drug-likeness (QED) is 0.316. The van der Waals surface area contributed by atoms with Crippen molar-refractivity contribution in [1.82, 2.24) is 20.1 Å². The molecule has 172 valence electrons. The van der Waals surface area contributed by atoms with Gasteiger partial charge < -0.3 is 9.32 Å². The number of hydrogen-bond donors (Lipinski definition) is 0. The van der Waals surface area contributed by atoms with E-state index in [2.05, 4.69) is 16.3 Å². The second-order valence-electron chi connectivity index (χ2n) is 8.37. The molecule has 4 aromatic rings. The Morgan fingerprint density at radius 3 is 2.79 bits per heavy atom. The van der Waals surface area contributed by atoms with Crippen LogP contribution < -0.4 is 0 Å². The first-order valence-electron chi connectivity index (χ1n) is 11.2. The van der Waals surface area contributed by atoms with Crippen LogP contribution in [0.2, 0.25) is 0 Å². The third kappa shape index (κ3) is 4.31. The molecule has 0 unspecified atom stereocenters. The van der Waals surface area contributed by atoms with Crippen molar-refractivity contribution < 1.29 is 9.21 Å². The van der Waals surface area contributed by atoms with Crippen LogP contribution in [0.4, 0.5) is 0 Å². The number of carbonyl (C=O) groups excluding carboxylic acids is 1. The summed E-state index contributed by atoms with van der Waals surface area (Å²) >= 11 is 2.82. The molecule has 0 N–H and O–H groups in total. The van der Waals surface area contributed by atoms with Crippen molar-refractivity contribution >= 4 is 39.9 Å². The molecule has 0 saturated heterocycles. The van der Waals surface area contributed by atoms with E-state index in [1.54, 1.807) is 23.3 Å². The molecule has 5 rings (SSSR count). The molecule has 0 atom stereocenters. The highest BCUT2D eigenvalue weighted by molar-refractivity contribution is 7.99. The molecule has 0 radical (unpaired) electrons. The molecular formula is C25H23N5O2S2. The maximum atomic E-state index is 12.9. The Balaban J connectivity index is 1.36.